The molecule has 0 rings (SSSR count). The van der Waals surface area contributed by atoms with Gasteiger partial charge in [-0.3, -0.25) is 0 Å². The van der Waals surface area contributed by atoms with Crippen molar-refractivity contribution in [2.75, 3.05) is 0 Å². The van der Waals surface area contributed by atoms with Crippen LogP contribution in [0.1, 0.15) is 111 Å². The summed E-state index contributed by atoms with van der Waals surface area (Å²) in [5, 5.41) is 3.92. The molecule has 0 radical (unpaired) electrons. The van der Waals surface area contributed by atoms with E-state index >= 15 is 0 Å². The van der Waals surface area contributed by atoms with Crippen LogP contribution in [0.3, 0.4) is 0 Å². The third kappa shape index (κ3) is 29.6. The molecule has 0 bridgehead atoms. The van der Waals surface area contributed by atoms with Gasteiger partial charge in [0.2, 0.25) is 0 Å². The van der Waals surface area contributed by atoms with Gasteiger partial charge in [0, 0.05) is 12.8 Å². The van der Waals surface area contributed by atoms with Crippen LogP contribution in [0.15, 0.2) is 0 Å². The van der Waals surface area contributed by atoms with Gasteiger partial charge in [-0.25, -0.2) is 4.57 Å². The molecule has 0 aliphatic carbocycles. The second-order valence-electron chi connectivity index (χ2n) is 8.83. The van der Waals surface area contributed by atoms with Gasteiger partial charge in [0.1, 0.15) is 0 Å². The Bertz CT molecular complexity index is 500. The Morgan fingerprint density at radius 1 is 0.697 bits per heavy atom. The van der Waals surface area contributed by atoms with Crippen LogP contribution in [-0.2, 0) is 4.57 Å². The van der Waals surface area contributed by atoms with E-state index in [1.54, 1.807) is 0 Å². The third-order valence-electron chi connectivity index (χ3n) is 4.84. The predicted molar refractivity (Wildman–Crippen MR) is 118 cm³/mol. The van der Waals surface area contributed by atoms with Gasteiger partial charge in [-0.05, 0) is 0 Å². The van der Waals surface area contributed by atoms with Gasteiger partial charge in [-0.15, -0.1) is 11.6 Å². The number of halogens is 6. The van der Waals surface area contributed by atoms with E-state index in [9.17, 15) is 26.3 Å². The van der Waals surface area contributed by atoms with Gasteiger partial charge in [0.15, 0.2) is 0 Å². The van der Waals surface area contributed by atoms with Gasteiger partial charge in [0.25, 0.3) is 0 Å². The van der Waals surface area contributed by atoms with Crippen LogP contribution in [0, 0.1) is 0 Å². The minimum Gasteiger partial charge on any atom is -0.654 e. The van der Waals surface area contributed by atoms with Crippen molar-refractivity contribution >= 4 is 7.82 Å². The maximum absolute atomic E-state index is 13.0. The first-order valence-electron chi connectivity index (χ1n) is 11.5. The quantitative estimate of drug-likeness (QED) is 0.110. The maximum Gasteiger partial charge on any atom is 0.466 e. The summed E-state index contributed by atoms with van der Waals surface area (Å²) in [6.07, 6.45) is -1.25. The lowest BCUT2D eigenvalue weighted by molar-refractivity contribution is -0.174. The molecular formula is C21H41F6NO4P-. The summed E-state index contributed by atoms with van der Waals surface area (Å²) in [4.78, 5) is 21.6. The second kappa shape index (κ2) is 17.1. The lowest BCUT2D eigenvalue weighted by Crippen LogP contribution is -2.40. The molecule has 0 aliphatic rings. The fourth-order valence-corrected chi connectivity index (χ4v) is 3.81. The van der Waals surface area contributed by atoms with Crippen molar-refractivity contribution in [1.29, 1.82) is 0 Å². The number of phosphoric acid groups is 1. The molecule has 0 saturated carbocycles. The topological polar surface area (TPSA) is 91.9 Å². The fraction of sp³-hybridized carbons (Fsp3) is 1.00. The summed E-state index contributed by atoms with van der Waals surface area (Å²) in [5.74, 6) is 0. The molecule has 12 heteroatoms. The highest BCUT2D eigenvalue weighted by Gasteiger charge is 2.43. The van der Waals surface area contributed by atoms with Crippen LogP contribution in [-0.4, -0.2) is 38.6 Å². The van der Waals surface area contributed by atoms with Crippen LogP contribution in [0.25, 0.3) is 5.32 Å². The van der Waals surface area contributed by atoms with E-state index < -0.39 is 44.6 Å². The monoisotopic (exact) mass is 516 g/mol. The summed E-state index contributed by atoms with van der Waals surface area (Å²) in [6.45, 7) is 5.23. The Labute approximate surface area is 194 Å². The summed E-state index contributed by atoms with van der Waals surface area (Å²) >= 11 is 0. The molecule has 0 aromatic carbocycles. The lowest BCUT2D eigenvalue weighted by Gasteiger charge is -2.50. The van der Waals surface area contributed by atoms with E-state index in [0.717, 1.165) is 25.7 Å². The van der Waals surface area contributed by atoms with E-state index in [0.29, 0.717) is 12.8 Å². The molecule has 0 heterocycles. The molecule has 0 aromatic heterocycles. The SMILES string of the molecule is CCCCCCCCCCCCCC(CC(F)(F)F)(CC(F)(F)F)[N-]C(C)C.O=P(O)(O)O. The van der Waals surface area contributed by atoms with Crippen molar-refractivity contribution in [3.63, 3.8) is 0 Å². The standard InChI is InChI=1S/C21H38F6N.H3O4P/c1-4-5-6-7-8-9-10-11-12-13-14-15-19(28-18(2)3,16-20(22,23)24)17-21(25,26)27;1-5(2,3)4/h18H,4-17H2,1-3H3;(H3,1,2,3,4)/q-1;. The van der Waals surface area contributed by atoms with Crippen LogP contribution < -0.4 is 0 Å². The van der Waals surface area contributed by atoms with Crippen LogP contribution in [0.5, 0.6) is 0 Å². The Balaban J connectivity index is 0. The van der Waals surface area contributed by atoms with Gasteiger partial charge >= 0.3 is 20.2 Å². The number of hydrogen-bond acceptors (Lipinski definition) is 1. The highest BCUT2D eigenvalue weighted by atomic mass is 31.2. The van der Waals surface area contributed by atoms with E-state index in [-0.39, 0.29) is 6.42 Å². The van der Waals surface area contributed by atoms with Gasteiger partial charge < -0.3 is 20.0 Å². The van der Waals surface area contributed by atoms with Crippen LogP contribution >= 0.6 is 7.82 Å². The fourth-order valence-electron chi connectivity index (χ4n) is 3.81. The van der Waals surface area contributed by atoms with Gasteiger partial charge in [-0.2, -0.15) is 26.3 Å². The number of rotatable bonds is 16. The molecule has 0 amide bonds. The van der Waals surface area contributed by atoms with Crippen molar-refractivity contribution < 1.29 is 45.6 Å². The summed E-state index contributed by atoms with van der Waals surface area (Å²) in [6, 6.07) is -0.572. The van der Waals surface area contributed by atoms with Gasteiger partial charge in [0.05, 0.1) is 0 Å². The molecule has 0 aliphatic heterocycles. The van der Waals surface area contributed by atoms with E-state index in [1.807, 2.05) is 0 Å². The molecule has 202 valence electrons. The number of hydrogen-bond donors (Lipinski definition) is 3. The Hall–Kier alpha value is -0.350. The van der Waals surface area contributed by atoms with Crippen LogP contribution in [0.4, 0.5) is 26.3 Å². The number of alkyl halides is 6. The highest BCUT2D eigenvalue weighted by Crippen LogP contribution is 2.44. The molecule has 0 aromatic rings. The van der Waals surface area contributed by atoms with E-state index in [1.165, 1.54) is 46.0 Å². The second-order valence-corrected chi connectivity index (χ2v) is 9.86. The average Bonchev–Trinajstić information content (AvgIpc) is 2.54. The van der Waals surface area contributed by atoms with Crippen LogP contribution in [0.2, 0.25) is 0 Å². The number of nitrogens with zero attached hydrogens (tertiary/aromatic N) is 1. The summed E-state index contributed by atoms with van der Waals surface area (Å²) in [7, 11) is -4.64. The summed E-state index contributed by atoms with van der Waals surface area (Å²) < 4.78 is 86.7. The van der Waals surface area contributed by atoms with E-state index in [4.69, 9.17) is 19.2 Å². The Morgan fingerprint density at radius 3 is 1.27 bits per heavy atom. The minimum atomic E-state index is -4.67. The van der Waals surface area contributed by atoms with Crippen molar-refractivity contribution in [3.05, 3.63) is 5.32 Å². The molecular weight excluding hydrogens is 475 g/mol. The molecule has 0 unspecified atom stereocenters. The molecule has 0 spiro atoms. The van der Waals surface area contributed by atoms with E-state index in [2.05, 4.69) is 12.2 Å². The molecule has 0 saturated heterocycles. The first-order valence-corrected chi connectivity index (χ1v) is 13.1. The average molecular weight is 517 g/mol. The zero-order valence-electron chi connectivity index (χ0n) is 19.9. The molecule has 0 atom stereocenters. The molecule has 3 N–H and O–H groups in total. The minimum absolute atomic E-state index is 0.165. The Kier molecular flexibility index (Phi) is 18.1. The first-order chi connectivity index (χ1) is 14.9. The van der Waals surface area contributed by atoms with Crippen molar-refractivity contribution in [2.24, 2.45) is 0 Å². The van der Waals surface area contributed by atoms with Crippen molar-refractivity contribution in [1.82, 2.24) is 0 Å². The Morgan fingerprint density at radius 2 is 1.00 bits per heavy atom. The maximum atomic E-state index is 13.0. The largest absolute Gasteiger partial charge is 0.654 e. The third-order valence-corrected chi connectivity index (χ3v) is 4.84. The number of unbranched alkanes of at least 4 members (excludes halogenated alkanes) is 10. The van der Waals surface area contributed by atoms with Gasteiger partial charge in [-0.1, -0.05) is 97.8 Å². The first kappa shape index (κ1) is 34.8. The molecule has 0 fully saturated rings. The molecule has 5 nitrogen and oxygen atoms in total. The lowest BCUT2D eigenvalue weighted by atomic mass is 9.84. The predicted octanol–water partition coefficient (Wildman–Crippen LogP) is 8.18. The van der Waals surface area contributed by atoms with Crippen molar-refractivity contribution in [3.8, 4) is 0 Å². The normalized spacial score (nSPS) is 13.2. The zero-order chi connectivity index (χ0) is 26.2. The van der Waals surface area contributed by atoms with Crippen molar-refractivity contribution in [2.45, 2.75) is 135 Å². The highest BCUT2D eigenvalue weighted by molar-refractivity contribution is 7.45. The summed E-state index contributed by atoms with van der Waals surface area (Å²) in [5.41, 5.74) is -2.09. The smallest absolute Gasteiger partial charge is 0.466 e. The zero-order valence-corrected chi connectivity index (χ0v) is 20.8. The molecule has 33 heavy (non-hydrogen) atoms.